The molecule has 1 rings (SSSR count). The van der Waals surface area contributed by atoms with Gasteiger partial charge >= 0.3 is 5.97 Å². The molecule has 0 aliphatic heterocycles. The third kappa shape index (κ3) is 7.04. The molecule has 142 valence electrons. The number of allylic oxidation sites excluding steroid dienone is 1. The Bertz CT molecular complexity index is 684. The molecule has 0 bridgehead atoms. The molecule has 7 heteroatoms. The van der Waals surface area contributed by atoms with Crippen LogP contribution in [0.1, 0.15) is 32.8 Å². The minimum atomic E-state index is -1.01. The Balaban J connectivity index is 2.95. The van der Waals surface area contributed by atoms with Gasteiger partial charge in [0.15, 0.2) is 0 Å². The molecule has 0 aromatic heterocycles. The number of carbonyl (C=O) groups is 3. The molecule has 2 atom stereocenters. The highest BCUT2D eigenvalue weighted by Crippen LogP contribution is 2.10. The number of ether oxygens (including phenoxy) is 1. The number of amides is 2. The second-order valence-corrected chi connectivity index (χ2v) is 6.15. The Kier molecular flexibility index (Phi) is 8.48. The second-order valence-electron chi connectivity index (χ2n) is 6.15. The fourth-order valence-electron chi connectivity index (χ4n) is 2.32. The number of carbonyl (C=O) groups excluding carboxylic acids is 3. The van der Waals surface area contributed by atoms with E-state index in [2.05, 4.69) is 10.6 Å². The van der Waals surface area contributed by atoms with Crippen LogP contribution in [0.15, 0.2) is 35.9 Å². The SMILES string of the molecule is COC(=O)[C@H](CC=C(C)C)NC(=O)[C@H](Cc1ccccc1F)NC(C)=O. The molecule has 0 unspecified atom stereocenters. The van der Waals surface area contributed by atoms with Crippen molar-refractivity contribution < 1.29 is 23.5 Å². The molecule has 6 nitrogen and oxygen atoms in total. The van der Waals surface area contributed by atoms with E-state index < -0.39 is 35.7 Å². The Labute approximate surface area is 152 Å². The van der Waals surface area contributed by atoms with Gasteiger partial charge in [-0.25, -0.2) is 9.18 Å². The third-order valence-electron chi connectivity index (χ3n) is 3.64. The lowest BCUT2D eigenvalue weighted by Gasteiger charge is -2.21. The van der Waals surface area contributed by atoms with E-state index in [0.717, 1.165) is 5.57 Å². The highest BCUT2D eigenvalue weighted by Gasteiger charge is 2.27. The molecule has 1 aromatic rings. The van der Waals surface area contributed by atoms with Crippen LogP contribution >= 0.6 is 0 Å². The van der Waals surface area contributed by atoms with Gasteiger partial charge in [0.05, 0.1) is 7.11 Å². The van der Waals surface area contributed by atoms with Gasteiger partial charge in [0, 0.05) is 13.3 Å². The summed E-state index contributed by atoms with van der Waals surface area (Å²) >= 11 is 0. The van der Waals surface area contributed by atoms with Gasteiger partial charge in [0.2, 0.25) is 11.8 Å². The molecule has 0 aliphatic rings. The summed E-state index contributed by atoms with van der Waals surface area (Å²) in [5.41, 5.74) is 1.28. The van der Waals surface area contributed by atoms with Gasteiger partial charge in [-0.1, -0.05) is 29.8 Å². The molecule has 0 saturated carbocycles. The molecule has 1 aromatic carbocycles. The number of halogens is 1. The average Bonchev–Trinajstić information content (AvgIpc) is 2.58. The monoisotopic (exact) mass is 364 g/mol. The van der Waals surface area contributed by atoms with Crippen LogP contribution in [0.3, 0.4) is 0 Å². The molecule has 0 fully saturated rings. The summed E-state index contributed by atoms with van der Waals surface area (Å²) in [5, 5.41) is 5.07. The van der Waals surface area contributed by atoms with Gasteiger partial charge in [-0.15, -0.1) is 0 Å². The summed E-state index contributed by atoms with van der Waals surface area (Å²) in [6, 6.07) is 4.11. The number of hydrogen-bond acceptors (Lipinski definition) is 4. The fourth-order valence-corrected chi connectivity index (χ4v) is 2.32. The number of esters is 1. The number of nitrogens with one attached hydrogen (secondary N) is 2. The Morgan fingerprint density at radius 2 is 1.77 bits per heavy atom. The summed E-state index contributed by atoms with van der Waals surface area (Å²) in [6.07, 6.45) is 2.02. The summed E-state index contributed by atoms with van der Waals surface area (Å²) in [6.45, 7) is 5.01. The molecule has 2 N–H and O–H groups in total. The minimum absolute atomic E-state index is 0.0331. The molecule has 0 spiro atoms. The van der Waals surface area contributed by atoms with Crippen molar-refractivity contribution in [3.8, 4) is 0 Å². The van der Waals surface area contributed by atoms with Crippen LogP contribution in [0, 0.1) is 5.82 Å². The van der Waals surface area contributed by atoms with Crippen molar-refractivity contribution in [2.75, 3.05) is 7.11 Å². The van der Waals surface area contributed by atoms with Crippen LogP contribution in [0.2, 0.25) is 0 Å². The maximum Gasteiger partial charge on any atom is 0.328 e. The van der Waals surface area contributed by atoms with Crippen LogP contribution in [0.25, 0.3) is 0 Å². The number of benzene rings is 1. The Hall–Kier alpha value is -2.70. The van der Waals surface area contributed by atoms with Gasteiger partial charge in [-0.3, -0.25) is 9.59 Å². The normalized spacial score (nSPS) is 12.5. The lowest BCUT2D eigenvalue weighted by atomic mass is 10.0. The van der Waals surface area contributed by atoms with Crippen LogP contribution in [-0.4, -0.2) is 37.0 Å². The van der Waals surface area contributed by atoms with E-state index in [1.54, 1.807) is 24.3 Å². The maximum absolute atomic E-state index is 13.9. The molecule has 26 heavy (non-hydrogen) atoms. The lowest BCUT2D eigenvalue weighted by Crippen LogP contribution is -2.52. The van der Waals surface area contributed by atoms with Gasteiger partial charge in [-0.05, 0) is 31.9 Å². The van der Waals surface area contributed by atoms with Gasteiger partial charge in [-0.2, -0.15) is 0 Å². The van der Waals surface area contributed by atoms with E-state index in [1.807, 2.05) is 13.8 Å². The van der Waals surface area contributed by atoms with Crippen molar-refractivity contribution in [2.45, 2.75) is 45.7 Å². The van der Waals surface area contributed by atoms with Crippen molar-refractivity contribution >= 4 is 17.8 Å². The van der Waals surface area contributed by atoms with Crippen molar-refractivity contribution in [2.24, 2.45) is 0 Å². The topological polar surface area (TPSA) is 84.5 Å². The smallest absolute Gasteiger partial charge is 0.328 e. The highest BCUT2D eigenvalue weighted by molar-refractivity contribution is 5.90. The first-order valence-electron chi connectivity index (χ1n) is 8.26. The first-order valence-corrected chi connectivity index (χ1v) is 8.26. The largest absolute Gasteiger partial charge is 0.467 e. The maximum atomic E-state index is 13.9. The summed E-state index contributed by atoms with van der Waals surface area (Å²) in [5.74, 6) is -2.07. The Morgan fingerprint density at radius 1 is 1.12 bits per heavy atom. The van der Waals surface area contributed by atoms with E-state index in [0.29, 0.717) is 5.56 Å². The van der Waals surface area contributed by atoms with Crippen LogP contribution in [0.5, 0.6) is 0 Å². The van der Waals surface area contributed by atoms with Crippen LogP contribution in [0.4, 0.5) is 4.39 Å². The first kappa shape index (κ1) is 21.3. The van der Waals surface area contributed by atoms with Crippen molar-refractivity contribution in [3.05, 3.63) is 47.3 Å². The zero-order valence-electron chi connectivity index (χ0n) is 15.5. The zero-order chi connectivity index (χ0) is 19.7. The number of hydrogen-bond donors (Lipinski definition) is 2. The molecular formula is C19H25FN2O4. The standard InChI is InChI=1S/C19H25FN2O4/c1-12(2)9-10-16(19(25)26-4)22-18(24)17(21-13(3)23)11-14-7-5-6-8-15(14)20/h5-9,16-17H,10-11H2,1-4H3,(H,21,23)(H,22,24)/t16-,17-/m0/s1. The molecule has 2 amide bonds. The zero-order valence-corrected chi connectivity index (χ0v) is 15.5. The average molecular weight is 364 g/mol. The second kappa shape index (κ2) is 10.3. The van der Waals surface area contributed by atoms with Crippen LogP contribution in [-0.2, 0) is 25.5 Å². The fraction of sp³-hybridized carbons (Fsp3) is 0.421. The highest BCUT2D eigenvalue weighted by atomic mass is 19.1. The predicted molar refractivity (Wildman–Crippen MR) is 95.7 cm³/mol. The predicted octanol–water partition coefficient (Wildman–Crippen LogP) is 1.89. The molecular weight excluding hydrogens is 339 g/mol. The minimum Gasteiger partial charge on any atom is -0.467 e. The van der Waals surface area contributed by atoms with Gasteiger partial charge < -0.3 is 15.4 Å². The molecule has 0 saturated heterocycles. The van der Waals surface area contributed by atoms with Gasteiger partial charge in [0.25, 0.3) is 0 Å². The van der Waals surface area contributed by atoms with E-state index in [9.17, 15) is 18.8 Å². The van der Waals surface area contributed by atoms with Crippen molar-refractivity contribution in [1.29, 1.82) is 0 Å². The number of methoxy groups -OCH3 is 1. The van der Waals surface area contributed by atoms with Crippen LogP contribution < -0.4 is 10.6 Å². The number of rotatable bonds is 8. The van der Waals surface area contributed by atoms with E-state index in [-0.39, 0.29) is 12.8 Å². The Morgan fingerprint density at radius 3 is 2.31 bits per heavy atom. The molecule has 0 radical (unpaired) electrons. The van der Waals surface area contributed by atoms with Gasteiger partial charge in [0.1, 0.15) is 17.9 Å². The summed E-state index contributed by atoms with van der Waals surface area (Å²) < 4.78 is 18.6. The summed E-state index contributed by atoms with van der Waals surface area (Å²) in [4.78, 5) is 35.9. The van der Waals surface area contributed by atoms with Crippen molar-refractivity contribution in [1.82, 2.24) is 10.6 Å². The molecule has 0 aliphatic carbocycles. The summed E-state index contributed by atoms with van der Waals surface area (Å²) in [7, 11) is 1.23. The molecule has 0 heterocycles. The van der Waals surface area contributed by atoms with E-state index in [4.69, 9.17) is 4.74 Å². The quantitative estimate of drug-likeness (QED) is 0.545. The third-order valence-corrected chi connectivity index (χ3v) is 3.64. The van der Waals surface area contributed by atoms with E-state index >= 15 is 0 Å². The van der Waals surface area contributed by atoms with E-state index in [1.165, 1.54) is 20.1 Å². The lowest BCUT2D eigenvalue weighted by molar-refractivity contribution is -0.145. The van der Waals surface area contributed by atoms with Crippen molar-refractivity contribution in [3.63, 3.8) is 0 Å². The first-order chi connectivity index (χ1) is 12.2.